The Hall–Kier alpha value is -1.55. The molecule has 4 heteroatoms. The van der Waals surface area contributed by atoms with Crippen LogP contribution in [0, 0.1) is 19.3 Å². The Balaban J connectivity index is 2.16. The smallest absolute Gasteiger partial charge is 0.257 e. The molecule has 116 valence electrons. The SMILES string of the molecule is CCC1(CO)CCN(C(=O)c2cc(C)cc(C)c2O)CC1. The van der Waals surface area contributed by atoms with Gasteiger partial charge in [-0.3, -0.25) is 4.79 Å². The van der Waals surface area contributed by atoms with Crippen LogP contribution in [0.4, 0.5) is 0 Å². The minimum absolute atomic E-state index is 0.0403. The normalized spacial score (nSPS) is 17.8. The van der Waals surface area contributed by atoms with E-state index in [-0.39, 0.29) is 23.7 Å². The monoisotopic (exact) mass is 291 g/mol. The van der Waals surface area contributed by atoms with Crippen molar-refractivity contribution in [1.29, 1.82) is 0 Å². The number of phenolic OH excluding ortho intramolecular Hbond substituents is 1. The summed E-state index contributed by atoms with van der Waals surface area (Å²) in [5, 5.41) is 19.7. The maximum atomic E-state index is 12.6. The maximum absolute atomic E-state index is 12.6. The van der Waals surface area contributed by atoms with E-state index in [9.17, 15) is 15.0 Å². The van der Waals surface area contributed by atoms with Crippen molar-refractivity contribution in [3.8, 4) is 5.75 Å². The Morgan fingerprint density at radius 1 is 1.29 bits per heavy atom. The van der Waals surface area contributed by atoms with Crippen LogP contribution in [0.3, 0.4) is 0 Å². The Morgan fingerprint density at radius 2 is 1.90 bits per heavy atom. The van der Waals surface area contributed by atoms with Gasteiger partial charge in [-0.2, -0.15) is 0 Å². The van der Waals surface area contributed by atoms with Gasteiger partial charge in [0.15, 0.2) is 0 Å². The van der Waals surface area contributed by atoms with E-state index in [4.69, 9.17) is 0 Å². The van der Waals surface area contributed by atoms with Crippen LogP contribution in [0.2, 0.25) is 0 Å². The fraction of sp³-hybridized carbons (Fsp3) is 0.588. The van der Waals surface area contributed by atoms with Gasteiger partial charge in [-0.25, -0.2) is 0 Å². The second-order valence-electron chi connectivity index (χ2n) is 6.28. The third-order valence-corrected chi connectivity index (χ3v) is 4.87. The minimum atomic E-state index is -0.109. The Labute approximate surface area is 126 Å². The van der Waals surface area contributed by atoms with Crippen molar-refractivity contribution < 1.29 is 15.0 Å². The number of likely N-dealkylation sites (tertiary alicyclic amines) is 1. The first-order chi connectivity index (χ1) is 9.92. The van der Waals surface area contributed by atoms with E-state index in [1.54, 1.807) is 11.0 Å². The molecule has 0 bridgehead atoms. The van der Waals surface area contributed by atoms with Crippen molar-refractivity contribution in [1.82, 2.24) is 4.90 Å². The van der Waals surface area contributed by atoms with Gasteiger partial charge in [0.1, 0.15) is 5.75 Å². The number of hydrogen-bond donors (Lipinski definition) is 2. The molecule has 21 heavy (non-hydrogen) atoms. The first kappa shape index (κ1) is 15.8. The molecule has 1 fully saturated rings. The van der Waals surface area contributed by atoms with Crippen molar-refractivity contribution in [2.24, 2.45) is 5.41 Å². The molecule has 2 N–H and O–H groups in total. The number of aliphatic hydroxyl groups excluding tert-OH is 1. The number of carbonyl (C=O) groups is 1. The molecule has 0 spiro atoms. The number of rotatable bonds is 3. The zero-order valence-corrected chi connectivity index (χ0v) is 13.1. The summed E-state index contributed by atoms with van der Waals surface area (Å²) < 4.78 is 0. The molecule has 1 aromatic carbocycles. The lowest BCUT2D eigenvalue weighted by Gasteiger charge is -2.40. The van der Waals surface area contributed by atoms with Gasteiger partial charge in [-0.05, 0) is 55.7 Å². The highest BCUT2D eigenvalue weighted by Gasteiger charge is 2.34. The Kier molecular flexibility index (Phi) is 4.57. The largest absolute Gasteiger partial charge is 0.507 e. The first-order valence-corrected chi connectivity index (χ1v) is 7.63. The number of aromatic hydroxyl groups is 1. The second kappa shape index (κ2) is 6.06. The predicted molar refractivity (Wildman–Crippen MR) is 82.5 cm³/mol. The Morgan fingerprint density at radius 3 is 2.43 bits per heavy atom. The van der Waals surface area contributed by atoms with Gasteiger partial charge in [0.05, 0.1) is 5.56 Å². The van der Waals surface area contributed by atoms with E-state index >= 15 is 0 Å². The average molecular weight is 291 g/mol. The zero-order valence-electron chi connectivity index (χ0n) is 13.1. The summed E-state index contributed by atoms with van der Waals surface area (Å²) in [4.78, 5) is 14.4. The molecule has 0 radical (unpaired) electrons. The number of benzene rings is 1. The lowest BCUT2D eigenvalue weighted by molar-refractivity contribution is 0.0336. The van der Waals surface area contributed by atoms with Gasteiger partial charge in [-0.1, -0.05) is 13.0 Å². The van der Waals surface area contributed by atoms with Crippen LogP contribution in [0.25, 0.3) is 0 Å². The minimum Gasteiger partial charge on any atom is -0.507 e. The summed E-state index contributed by atoms with van der Waals surface area (Å²) in [5.41, 5.74) is 2.06. The number of carbonyl (C=O) groups excluding carboxylic acids is 1. The van der Waals surface area contributed by atoms with Crippen molar-refractivity contribution in [2.45, 2.75) is 40.0 Å². The highest BCUT2D eigenvalue weighted by atomic mass is 16.3. The summed E-state index contributed by atoms with van der Waals surface area (Å²) >= 11 is 0. The van der Waals surface area contributed by atoms with Crippen molar-refractivity contribution in [3.63, 3.8) is 0 Å². The number of phenols is 1. The van der Waals surface area contributed by atoms with Crippen molar-refractivity contribution in [3.05, 3.63) is 28.8 Å². The number of nitrogens with zero attached hydrogens (tertiary/aromatic N) is 1. The topological polar surface area (TPSA) is 60.8 Å². The molecule has 0 aliphatic carbocycles. The molecule has 0 aromatic heterocycles. The molecule has 1 aliphatic heterocycles. The maximum Gasteiger partial charge on any atom is 0.257 e. The lowest BCUT2D eigenvalue weighted by Crippen LogP contribution is -2.44. The number of hydrogen-bond acceptors (Lipinski definition) is 3. The third kappa shape index (κ3) is 3.05. The van der Waals surface area contributed by atoms with Crippen LogP contribution in [0.1, 0.15) is 47.7 Å². The van der Waals surface area contributed by atoms with Crippen LogP contribution in [0.5, 0.6) is 5.75 Å². The zero-order chi connectivity index (χ0) is 15.6. The third-order valence-electron chi connectivity index (χ3n) is 4.87. The van der Waals surface area contributed by atoms with Gasteiger partial charge >= 0.3 is 0 Å². The average Bonchev–Trinajstić information content (AvgIpc) is 2.50. The van der Waals surface area contributed by atoms with E-state index in [1.807, 2.05) is 19.9 Å². The molecule has 1 aromatic rings. The molecule has 1 aliphatic rings. The lowest BCUT2D eigenvalue weighted by atomic mass is 9.77. The molecule has 0 unspecified atom stereocenters. The molecule has 0 saturated carbocycles. The quantitative estimate of drug-likeness (QED) is 0.900. The summed E-state index contributed by atoms with van der Waals surface area (Å²) in [6.45, 7) is 7.28. The summed E-state index contributed by atoms with van der Waals surface area (Å²) in [6, 6.07) is 3.62. The molecule has 1 heterocycles. The van der Waals surface area contributed by atoms with E-state index in [0.29, 0.717) is 18.7 Å². The van der Waals surface area contributed by atoms with Crippen LogP contribution in [0.15, 0.2) is 12.1 Å². The molecule has 0 atom stereocenters. The Bertz CT molecular complexity index is 525. The molecule has 4 nitrogen and oxygen atoms in total. The number of aliphatic hydroxyl groups is 1. The predicted octanol–water partition coefficient (Wildman–Crippen LogP) is 2.63. The van der Waals surface area contributed by atoms with Crippen LogP contribution >= 0.6 is 0 Å². The van der Waals surface area contributed by atoms with Gasteiger partial charge in [0, 0.05) is 19.7 Å². The summed E-state index contributed by atoms with van der Waals surface area (Å²) in [6.07, 6.45) is 2.56. The molecule has 2 rings (SSSR count). The van der Waals surface area contributed by atoms with E-state index < -0.39 is 0 Å². The van der Waals surface area contributed by atoms with E-state index in [2.05, 4.69) is 6.92 Å². The van der Waals surface area contributed by atoms with E-state index in [0.717, 1.165) is 30.4 Å². The van der Waals surface area contributed by atoms with Crippen molar-refractivity contribution >= 4 is 5.91 Å². The first-order valence-electron chi connectivity index (χ1n) is 7.63. The summed E-state index contributed by atoms with van der Waals surface area (Å²) in [7, 11) is 0. The van der Waals surface area contributed by atoms with Gasteiger partial charge in [0.25, 0.3) is 5.91 Å². The van der Waals surface area contributed by atoms with Gasteiger partial charge in [0.2, 0.25) is 0 Å². The van der Waals surface area contributed by atoms with Gasteiger partial charge in [-0.15, -0.1) is 0 Å². The molecule has 1 saturated heterocycles. The highest BCUT2D eigenvalue weighted by Crippen LogP contribution is 2.35. The van der Waals surface area contributed by atoms with Gasteiger partial charge < -0.3 is 15.1 Å². The molecule has 1 amide bonds. The molecular formula is C17H25NO3. The van der Waals surface area contributed by atoms with Crippen LogP contribution in [-0.2, 0) is 0 Å². The second-order valence-corrected chi connectivity index (χ2v) is 6.28. The van der Waals surface area contributed by atoms with E-state index in [1.165, 1.54) is 0 Å². The highest BCUT2D eigenvalue weighted by molar-refractivity contribution is 5.97. The number of piperidine rings is 1. The molecular weight excluding hydrogens is 266 g/mol. The standard InChI is InChI=1S/C17H25NO3/c1-4-17(11-19)5-7-18(8-6-17)16(21)14-10-12(2)9-13(3)15(14)20/h9-10,19-20H,4-8,11H2,1-3H3. The fourth-order valence-corrected chi connectivity index (χ4v) is 3.10. The van der Waals surface area contributed by atoms with Crippen LogP contribution in [-0.4, -0.2) is 40.7 Å². The number of amides is 1. The number of aryl methyl sites for hydroxylation is 2. The van der Waals surface area contributed by atoms with Crippen molar-refractivity contribution in [2.75, 3.05) is 19.7 Å². The van der Waals surface area contributed by atoms with Crippen LogP contribution < -0.4 is 0 Å². The summed E-state index contributed by atoms with van der Waals surface area (Å²) in [5.74, 6) is -0.0259. The fourth-order valence-electron chi connectivity index (χ4n) is 3.10.